The monoisotopic (exact) mass is 367 g/mol. The molecular weight excluding hydrogens is 346 g/mol. The highest BCUT2D eigenvalue weighted by Gasteiger charge is 2.30. The predicted molar refractivity (Wildman–Crippen MR) is 97.9 cm³/mol. The lowest BCUT2D eigenvalue weighted by molar-refractivity contribution is -0.130. The van der Waals surface area contributed by atoms with E-state index >= 15 is 0 Å². The maximum absolute atomic E-state index is 12.8. The van der Waals surface area contributed by atoms with Crippen LogP contribution in [0.2, 0.25) is 0 Å². The molecule has 0 fully saturated rings. The van der Waals surface area contributed by atoms with Gasteiger partial charge in [0.1, 0.15) is 23.8 Å². The second kappa shape index (κ2) is 7.22. The van der Waals surface area contributed by atoms with E-state index in [9.17, 15) is 9.59 Å². The molecule has 0 spiro atoms. The quantitative estimate of drug-likeness (QED) is 0.886. The third-order valence-corrected chi connectivity index (χ3v) is 4.88. The van der Waals surface area contributed by atoms with E-state index in [-0.39, 0.29) is 11.8 Å². The largest absolute Gasteiger partial charge is 0.487 e. The van der Waals surface area contributed by atoms with E-state index in [1.807, 2.05) is 30.3 Å². The number of nitrogens with one attached hydrogen (secondary N) is 1. The lowest BCUT2D eigenvalue weighted by atomic mass is 10.0. The molecule has 0 saturated carbocycles. The Kier molecular flexibility index (Phi) is 4.62. The van der Waals surface area contributed by atoms with Gasteiger partial charge < -0.3 is 9.64 Å². The van der Waals surface area contributed by atoms with Gasteiger partial charge in [0.2, 0.25) is 5.91 Å². The molecule has 2 amide bonds. The predicted octanol–water partition coefficient (Wildman–Crippen LogP) is 1.48. The van der Waals surface area contributed by atoms with Gasteiger partial charge in [0.05, 0.1) is 0 Å². The molecule has 0 unspecified atom stereocenters. The van der Waals surface area contributed by atoms with Crippen LogP contribution in [0, 0.1) is 0 Å². The maximum Gasteiger partial charge on any atom is 0.270 e. The molecule has 0 bridgehead atoms. The smallest absolute Gasteiger partial charge is 0.270 e. The van der Waals surface area contributed by atoms with Crippen molar-refractivity contribution >= 4 is 17.5 Å². The number of fused-ring (bicyclic) bond motifs is 1. The molecule has 1 aromatic carbocycles. The summed E-state index contributed by atoms with van der Waals surface area (Å²) in [6, 6.07) is 9.57. The van der Waals surface area contributed by atoms with Gasteiger partial charge in [-0.1, -0.05) is 18.2 Å². The molecule has 1 aromatic heterocycles. The molecule has 0 radical (unpaired) electrons. The first-order valence-electron chi connectivity index (χ1n) is 8.98. The number of benzene rings is 1. The van der Waals surface area contributed by atoms with E-state index in [1.165, 1.54) is 5.01 Å². The van der Waals surface area contributed by atoms with Crippen molar-refractivity contribution in [2.24, 2.45) is 5.10 Å². The molecule has 140 valence electrons. The van der Waals surface area contributed by atoms with Crippen LogP contribution in [0.5, 0.6) is 5.75 Å². The lowest BCUT2D eigenvalue weighted by Crippen LogP contribution is -2.43. The zero-order chi connectivity index (χ0) is 18.8. The topological polar surface area (TPSA) is 90.9 Å². The maximum atomic E-state index is 12.8. The van der Waals surface area contributed by atoms with Crippen molar-refractivity contribution in [2.45, 2.75) is 32.4 Å². The number of hydrogen-bond donors (Lipinski definition) is 1. The number of para-hydroxylation sites is 1. The average Bonchev–Trinajstić information content (AvgIpc) is 3.11. The number of hydrazone groups is 1. The van der Waals surface area contributed by atoms with Crippen molar-refractivity contribution in [1.82, 2.24) is 20.1 Å². The molecule has 0 saturated heterocycles. The highest BCUT2D eigenvalue weighted by molar-refractivity contribution is 6.39. The van der Waals surface area contributed by atoms with Crippen LogP contribution >= 0.6 is 0 Å². The van der Waals surface area contributed by atoms with E-state index in [0.29, 0.717) is 44.7 Å². The minimum Gasteiger partial charge on any atom is -0.487 e. The fraction of sp³-hybridized carbons (Fsp3) is 0.368. The molecule has 8 nitrogen and oxygen atoms in total. The molecule has 0 atom stereocenters. The summed E-state index contributed by atoms with van der Waals surface area (Å²) in [7, 11) is 1.58. The van der Waals surface area contributed by atoms with Gasteiger partial charge in [-0.25, -0.2) is 5.01 Å². The fourth-order valence-corrected chi connectivity index (χ4v) is 3.32. The summed E-state index contributed by atoms with van der Waals surface area (Å²) in [4.78, 5) is 26.2. The van der Waals surface area contributed by atoms with Gasteiger partial charge in [-0.2, -0.15) is 10.2 Å². The van der Waals surface area contributed by atoms with Crippen molar-refractivity contribution in [1.29, 1.82) is 0 Å². The van der Waals surface area contributed by atoms with E-state index in [4.69, 9.17) is 4.74 Å². The summed E-state index contributed by atoms with van der Waals surface area (Å²) in [6.07, 6.45) is 1.42. The third kappa shape index (κ3) is 3.55. The van der Waals surface area contributed by atoms with Crippen LogP contribution in [0.4, 0.5) is 0 Å². The molecule has 1 N–H and O–H groups in total. The van der Waals surface area contributed by atoms with Crippen molar-refractivity contribution in [3.8, 4) is 5.75 Å². The van der Waals surface area contributed by atoms with Gasteiger partial charge >= 0.3 is 0 Å². The van der Waals surface area contributed by atoms with Crippen molar-refractivity contribution < 1.29 is 14.3 Å². The zero-order valence-corrected chi connectivity index (χ0v) is 15.1. The molecule has 0 aliphatic carbocycles. The summed E-state index contributed by atoms with van der Waals surface area (Å²) in [5.41, 5.74) is 3.30. The first kappa shape index (κ1) is 17.3. The third-order valence-electron chi connectivity index (χ3n) is 4.88. The lowest BCUT2D eigenvalue weighted by Gasteiger charge is -2.29. The Hall–Kier alpha value is -3.16. The Labute approximate surface area is 156 Å². The van der Waals surface area contributed by atoms with Crippen LogP contribution in [-0.4, -0.2) is 51.2 Å². The van der Waals surface area contributed by atoms with Gasteiger partial charge in [0.25, 0.3) is 5.91 Å². The Morgan fingerprint density at radius 1 is 1.22 bits per heavy atom. The summed E-state index contributed by atoms with van der Waals surface area (Å²) in [6.45, 7) is 1.41. The summed E-state index contributed by atoms with van der Waals surface area (Å²) in [5, 5.41) is 12.8. The van der Waals surface area contributed by atoms with Gasteiger partial charge in [-0.05, 0) is 12.1 Å². The van der Waals surface area contributed by atoms with Gasteiger partial charge in [-0.3, -0.25) is 14.7 Å². The number of carbonyl (C=O) groups is 2. The number of aromatic amines is 1. The molecule has 4 rings (SSSR count). The first-order valence-corrected chi connectivity index (χ1v) is 8.98. The van der Waals surface area contributed by atoms with Crippen LogP contribution in [0.25, 0.3) is 0 Å². The second-order valence-electron chi connectivity index (χ2n) is 6.67. The van der Waals surface area contributed by atoms with E-state index in [2.05, 4.69) is 15.3 Å². The number of aromatic nitrogens is 2. The van der Waals surface area contributed by atoms with E-state index in [1.54, 1.807) is 11.9 Å². The van der Waals surface area contributed by atoms with Crippen LogP contribution in [-0.2, 0) is 29.2 Å². The molecule has 8 heteroatoms. The highest BCUT2D eigenvalue weighted by atomic mass is 16.5. The minimum atomic E-state index is -0.115. The SMILES string of the molecule is CN1N=C(C(=O)N2CCc3[nH]nc(COc4ccccc4)c3C2)CCC1=O. The summed E-state index contributed by atoms with van der Waals surface area (Å²) >= 11 is 0. The molecule has 27 heavy (non-hydrogen) atoms. The Morgan fingerprint density at radius 2 is 2.04 bits per heavy atom. The second-order valence-corrected chi connectivity index (χ2v) is 6.67. The molecule has 2 aromatic rings. The van der Waals surface area contributed by atoms with E-state index < -0.39 is 0 Å². The van der Waals surface area contributed by atoms with Gasteiger partial charge in [0, 0.05) is 50.7 Å². The molecule has 3 heterocycles. The Balaban J connectivity index is 1.46. The number of carbonyl (C=O) groups excluding carboxylic acids is 2. The standard InChI is InChI=1S/C19H21N5O3/c1-23-18(25)8-7-16(22-23)19(26)24-10-9-15-14(11-24)17(21-20-15)12-27-13-5-3-2-4-6-13/h2-6H,7-12H2,1H3,(H,20,21). The minimum absolute atomic E-state index is 0.0670. The Morgan fingerprint density at radius 3 is 2.81 bits per heavy atom. The number of amides is 2. The van der Waals surface area contributed by atoms with Gasteiger partial charge in [0.15, 0.2) is 0 Å². The van der Waals surface area contributed by atoms with Crippen molar-refractivity contribution in [3.63, 3.8) is 0 Å². The van der Waals surface area contributed by atoms with Crippen molar-refractivity contribution in [3.05, 3.63) is 47.3 Å². The van der Waals surface area contributed by atoms with Gasteiger partial charge in [-0.15, -0.1) is 0 Å². The van der Waals surface area contributed by atoms with E-state index in [0.717, 1.165) is 22.7 Å². The first-order chi connectivity index (χ1) is 13.1. The van der Waals surface area contributed by atoms with Crippen LogP contribution in [0.3, 0.4) is 0 Å². The number of nitrogens with zero attached hydrogens (tertiary/aromatic N) is 4. The van der Waals surface area contributed by atoms with Crippen LogP contribution in [0.1, 0.15) is 29.8 Å². The number of ether oxygens (including phenoxy) is 1. The van der Waals surface area contributed by atoms with Crippen molar-refractivity contribution in [2.75, 3.05) is 13.6 Å². The molecule has 2 aliphatic rings. The normalized spacial score (nSPS) is 16.8. The van der Waals surface area contributed by atoms with Crippen LogP contribution in [0.15, 0.2) is 35.4 Å². The zero-order valence-electron chi connectivity index (χ0n) is 15.1. The highest BCUT2D eigenvalue weighted by Crippen LogP contribution is 2.23. The number of hydrogen-bond acceptors (Lipinski definition) is 5. The number of H-pyrrole nitrogens is 1. The summed E-state index contributed by atoms with van der Waals surface area (Å²) in [5.74, 6) is 0.598. The number of rotatable bonds is 4. The Bertz CT molecular complexity index is 890. The average molecular weight is 367 g/mol. The molecule has 2 aliphatic heterocycles. The van der Waals surface area contributed by atoms with Crippen LogP contribution < -0.4 is 4.74 Å². The fourth-order valence-electron chi connectivity index (χ4n) is 3.32. The molecular formula is C19H21N5O3. The summed E-state index contributed by atoms with van der Waals surface area (Å²) < 4.78 is 5.80.